The molecule has 112 valence electrons. The predicted molar refractivity (Wildman–Crippen MR) is 89.4 cm³/mol. The maximum Gasteiger partial charge on any atom is 0.222 e. The van der Waals surface area contributed by atoms with Gasteiger partial charge < -0.3 is 5.73 Å². The molecule has 0 bridgehead atoms. The molecule has 0 amide bonds. The summed E-state index contributed by atoms with van der Waals surface area (Å²) in [6.07, 6.45) is 1.80. The number of nitrogens with zero attached hydrogens (tertiary/aromatic N) is 3. The zero-order valence-corrected chi connectivity index (χ0v) is 13.9. The van der Waals surface area contributed by atoms with Crippen LogP contribution in [0, 0.1) is 11.3 Å². The molecule has 22 heavy (non-hydrogen) atoms. The molecule has 0 fully saturated rings. The lowest BCUT2D eigenvalue weighted by atomic mass is 10.1. The number of anilines is 1. The Morgan fingerprint density at radius 3 is 2.55 bits per heavy atom. The average Bonchev–Trinajstić information content (AvgIpc) is 2.52. The van der Waals surface area contributed by atoms with Gasteiger partial charge in [0.15, 0.2) is 5.78 Å². The lowest BCUT2D eigenvalue weighted by molar-refractivity contribution is 0.102. The fourth-order valence-electron chi connectivity index (χ4n) is 1.64. The fourth-order valence-corrected chi connectivity index (χ4v) is 3.24. The lowest BCUT2D eigenvalue weighted by Gasteiger charge is -2.07. The van der Waals surface area contributed by atoms with E-state index < -0.39 is 0 Å². The molecule has 1 aromatic carbocycles. The van der Waals surface area contributed by atoms with Gasteiger partial charge in [-0.25, -0.2) is 9.97 Å². The topological polar surface area (TPSA) is 92.7 Å². The Morgan fingerprint density at radius 2 is 1.95 bits per heavy atom. The average molecular weight is 351 g/mol. The second kappa shape index (κ2) is 7.49. The van der Waals surface area contributed by atoms with Gasteiger partial charge in [-0.2, -0.15) is 5.26 Å². The SMILES string of the molecule is CSc1nc(N)nc(SCC(=O)c2ccc(Cl)cc2)c1C#N. The molecular formula is C14H11ClN4OS2. The number of nitrogens with two attached hydrogens (primary N) is 1. The van der Waals surface area contributed by atoms with Crippen LogP contribution in [0.2, 0.25) is 5.02 Å². The molecule has 0 spiro atoms. The van der Waals surface area contributed by atoms with E-state index in [0.29, 0.717) is 26.2 Å². The summed E-state index contributed by atoms with van der Waals surface area (Å²) in [6.45, 7) is 0. The van der Waals surface area contributed by atoms with Crippen LogP contribution in [0.3, 0.4) is 0 Å². The molecule has 8 heteroatoms. The van der Waals surface area contributed by atoms with E-state index in [9.17, 15) is 10.1 Å². The van der Waals surface area contributed by atoms with Crippen LogP contribution in [0.1, 0.15) is 15.9 Å². The Labute approximate surface area is 141 Å². The van der Waals surface area contributed by atoms with Crippen molar-refractivity contribution in [2.75, 3.05) is 17.7 Å². The summed E-state index contributed by atoms with van der Waals surface area (Å²) in [5.74, 6) is 0.166. The summed E-state index contributed by atoms with van der Waals surface area (Å²) in [4.78, 5) is 20.2. The predicted octanol–water partition coefficient (Wildman–Crippen LogP) is 3.28. The monoisotopic (exact) mass is 350 g/mol. The van der Waals surface area contributed by atoms with Crippen molar-refractivity contribution in [3.05, 3.63) is 40.4 Å². The maximum absolute atomic E-state index is 12.1. The van der Waals surface area contributed by atoms with Crippen LogP contribution in [-0.2, 0) is 0 Å². The van der Waals surface area contributed by atoms with Crippen molar-refractivity contribution in [2.45, 2.75) is 10.1 Å². The summed E-state index contributed by atoms with van der Waals surface area (Å²) in [7, 11) is 0. The van der Waals surface area contributed by atoms with Crippen molar-refractivity contribution in [1.82, 2.24) is 9.97 Å². The van der Waals surface area contributed by atoms with Crippen LogP contribution < -0.4 is 5.73 Å². The molecule has 2 aromatic rings. The van der Waals surface area contributed by atoms with Crippen molar-refractivity contribution in [3.63, 3.8) is 0 Å². The molecule has 5 nitrogen and oxygen atoms in total. The van der Waals surface area contributed by atoms with E-state index in [1.165, 1.54) is 23.5 Å². The molecule has 0 saturated carbocycles. The van der Waals surface area contributed by atoms with Crippen LogP contribution >= 0.6 is 35.1 Å². The van der Waals surface area contributed by atoms with E-state index in [2.05, 4.69) is 16.0 Å². The fraction of sp³-hybridized carbons (Fsp3) is 0.143. The Morgan fingerprint density at radius 1 is 1.32 bits per heavy atom. The highest BCUT2D eigenvalue weighted by molar-refractivity contribution is 8.00. The molecule has 0 aliphatic heterocycles. The Balaban J connectivity index is 2.18. The highest BCUT2D eigenvalue weighted by atomic mass is 35.5. The third-order valence-corrected chi connectivity index (χ3v) is 4.58. The molecule has 0 aliphatic rings. The van der Waals surface area contributed by atoms with E-state index in [4.69, 9.17) is 17.3 Å². The lowest BCUT2D eigenvalue weighted by Crippen LogP contribution is -2.05. The Hall–Kier alpha value is -1.75. The molecule has 1 aromatic heterocycles. The van der Waals surface area contributed by atoms with Gasteiger partial charge >= 0.3 is 0 Å². The van der Waals surface area contributed by atoms with E-state index in [1.54, 1.807) is 30.5 Å². The molecule has 0 aliphatic carbocycles. The van der Waals surface area contributed by atoms with Crippen LogP contribution in [0.4, 0.5) is 5.95 Å². The molecule has 0 saturated heterocycles. The molecule has 2 N–H and O–H groups in total. The number of halogens is 1. The van der Waals surface area contributed by atoms with Gasteiger partial charge in [-0.15, -0.1) is 11.8 Å². The van der Waals surface area contributed by atoms with Crippen LogP contribution in [-0.4, -0.2) is 27.8 Å². The third-order valence-electron chi connectivity index (χ3n) is 2.67. The summed E-state index contributed by atoms with van der Waals surface area (Å²) in [5, 5.41) is 10.7. The van der Waals surface area contributed by atoms with Crippen LogP contribution in [0.5, 0.6) is 0 Å². The second-order valence-corrected chi connectivity index (χ2v) is 6.30. The number of benzene rings is 1. The van der Waals surface area contributed by atoms with Crippen molar-refractivity contribution in [2.24, 2.45) is 0 Å². The summed E-state index contributed by atoms with van der Waals surface area (Å²) in [6, 6.07) is 8.71. The number of Topliss-reactive ketones (excluding diaryl/α,β-unsaturated/α-hetero) is 1. The molecule has 1 heterocycles. The van der Waals surface area contributed by atoms with Gasteiger partial charge in [-0.1, -0.05) is 23.4 Å². The van der Waals surface area contributed by atoms with E-state index >= 15 is 0 Å². The number of carbonyl (C=O) groups excluding carboxylic acids is 1. The highest BCUT2D eigenvalue weighted by Crippen LogP contribution is 2.28. The Bertz CT molecular complexity index is 744. The summed E-state index contributed by atoms with van der Waals surface area (Å²) < 4.78 is 0. The minimum Gasteiger partial charge on any atom is -0.368 e. The van der Waals surface area contributed by atoms with Crippen LogP contribution in [0.25, 0.3) is 0 Å². The summed E-state index contributed by atoms with van der Waals surface area (Å²) in [5.41, 5.74) is 6.54. The van der Waals surface area contributed by atoms with Gasteiger partial charge in [0.2, 0.25) is 5.95 Å². The zero-order valence-electron chi connectivity index (χ0n) is 11.5. The summed E-state index contributed by atoms with van der Waals surface area (Å²) >= 11 is 8.28. The number of thioether (sulfide) groups is 2. The molecular weight excluding hydrogens is 340 g/mol. The second-order valence-electron chi connectivity index (χ2n) is 4.10. The molecule has 0 atom stereocenters. The molecule has 0 radical (unpaired) electrons. The van der Waals surface area contributed by atoms with Crippen molar-refractivity contribution < 1.29 is 4.79 Å². The smallest absolute Gasteiger partial charge is 0.222 e. The van der Waals surface area contributed by atoms with Gasteiger partial charge in [-0.05, 0) is 30.5 Å². The van der Waals surface area contributed by atoms with E-state index in [-0.39, 0.29) is 17.5 Å². The minimum atomic E-state index is -0.0755. The number of nitriles is 1. The first-order valence-electron chi connectivity index (χ1n) is 6.08. The first kappa shape index (κ1) is 16.6. The maximum atomic E-state index is 12.1. The number of rotatable bonds is 5. The number of carbonyl (C=O) groups is 1. The molecule has 2 rings (SSSR count). The van der Waals surface area contributed by atoms with E-state index in [0.717, 1.165) is 0 Å². The van der Waals surface area contributed by atoms with Gasteiger partial charge in [-0.3, -0.25) is 4.79 Å². The van der Waals surface area contributed by atoms with Crippen molar-refractivity contribution in [1.29, 1.82) is 5.26 Å². The van der Waals surface area contributed by atoms with Gasteiger partial charge in [0.1, 0.15) is 21.7 Å². The van der Waals surface area contributed by atoms with Gasteiger partial charge in [0.25, 0.3) is 0 Å². The van der Waals surface area contributed by atoms with Gasteiger partial charge in [0.05, 0.1) is 5.75 Å². The van der Waals surface area contributed by atoms with Crippen LogP contribution in [0.15, 0.2) is 34.3 Å². The molecule has 0 unspecified atom stereocenters. The number of hydrogen-bond donors (Lipinski definition) is 1. The highest BCUT2D eigenvalue weighted by Gasteiger charge is 2.15. The van der Waals surface area contributed by atoms with Crippen molar-refractivity contribution in [3.8, 4) is 6.07 Å². The van der Waals surface area contributed by atoms with Crippen molar-refractivity contribution >= 4 is 46.9 Å². The quantitative estimate of drug-likeness (QED) is 0.502. The zero-order chi connectivity index (χ0) is 16.1. The number of ketones is 1. The largest absolute Gasteiger partial charge is 0.368 e. The minimum absolute atomic E-state index is 0.0755. The van der Waals surface area contributed by atoms with Gasteiger partial charge in [0, 0.05) is 10.6 Å². The number of aromatic nitrogens is 2. The number of nitrogen functional groups attached to an aromatic ring is 1. The van der Waals surface area contributed by atoms with E-state index in [1.807, 2.05) is 0 Å². The normalized spacial score (nSPS) is 10.2. The standard InChI is InChI=1S/C14H11ClN4OS2/c1-21-12-10(6-16)13(19-14(17)18-12)22-7-11(20)8-2-4-9(15)5-3-8/h2-5H,7H2,1H3,(H2,17,18,19). The third kappa shape index (κ3) is 3.91. The number of hydrogen-bond acceptors (Lipinski definition) is 7. The Kier molecular flexibility index (Phi) is 5.66. The first-order valence-corrected chi connectivity index (χ1v) is 8.67. The first-order chi connectivity index (χ1) is 10.5.